The van der Waals surface area contributed by atoms with Crippen LogP contribution >= 0.6 is 0 Å². The standard InChI is InChI=1S/C17H22N2O4/c1-4-10-18-17(21)23-14-7-5-6-13-16(14)12(11-19(13)2)8-9-15(20)22-3/h5-7,11H,4,8-10H2,1-3H3,(H,18,21). The van der Waals surface area contributed by atoms with Gasteiger partial charge in [-0.25, -0.2) is 4.79 Å². The second-order valence-electron chi connectivity index (χ2n) is 5.31. The summed E-state index contributed by atoms with van der Waals surface area (Å²) < 4.78 is 12.1. The molecule has 1 aromatic carbocycles. The molecule has 0 bridgehead atoms. The van der Waals surface area contributed by atoms with Crippen molar-refractivity contribution in [3.05, 3.63) is 30.0 Å². The molecule has 0 saturated carbocycles. The summed E-state index contributed by atoms with van der Waals surface area (Å²) in [7, 11) is 3.29. The lowest BCUT2D eigenvalue weighted by Gasteiger charge is -2.08. The topological polar surface area (TPSA) is 69.6 Å². The molecule has 1 N–H and O–H groups in total. The normalized spacial score (nSPS) is 10.6. The van der Waals surface area contributed by atoms with E-state index in [-0.39, 0.29) is 12.4 Å². The third-order valence-electron chi connectivity index (χ3n) is 3.60. The van der Waals surface area contributed by atoms with E-state index in [1.165, 1.54) is 7.11 Å². The van der Waals surface area contributed by atoms with Gasteiger partial charge in [-0.2, -0.15) is 0 Å². The Bertz CT molecular complexity index is 706. The number of nitrogens with zero attached hydrogens (tertiary/aromatic N) is 1. The van der Waals surface area contributed by atoms with E-state index in [2.05, 4.69) is 10.1 Å². The Morgan fingerprint density at radius 3 is 2.78 bits per heavy atom. The van der Waals surface area contributed by atoms with Crippen molar-refractivity contribution in [1.29, 1.82) is 0 Å². The van der Waals surface area contributed by atoms with Gasteiger partial charge in [0.1, 0.15) is 5.75 Å². The van der Waals surface area contributed by atoms with Gasteiger partial charge in [0.25, 0.3) is 0 Å². The van der Waals surface area contributed by atoms with Crippen LogP contribution in [0.15, 0.2) is 24.4 Å². The quantitative estimate of drug-likeness (QED) is 0.832. The average Bonchev–Trinajstić information content (AvgIpc) is 2.88. The van der Waals surface area contributed by atoms with Crippen molar-refractivity contribution in [3.63, 3.8) is 0 Å². The Morgan fingerprint density at radius 2 is 2.09 bits per heavy atom. The summed E-state index contributed by atoms with van der Waals surface area (Å²) in [5.41, 5.74) is 1.90. The van der Waals surface area contributed by atoms with Crippen LogP contribution in [-0.4, -0.2) is 30.3 Å². The van der Waals surface area contributed by atoms with E-state index in [9.17, 15) is 9.59 Å². The van der Waals surface area contributed by atoms with Crippen LogP contribution in [0, 0.1) is 0 Å². The Hall–Kier alpha value is -2.50. The van der Waals surface area contributed by atoms with Gasteiger partial charge in [-0.15, -0.1) is 0 Å². The van der Waals surface area contributed by atoms with E-state index >= 15 is 0 Å². The van der Waals surface area contributed by atoms with Crippen LogP contribution in [0.25, 0.3) is 10.9 Å². The predicted octanol–water partition coefficient (Wildman–Crippen LogP) is 2.78. The zero-order valence-corrected chi connectivity index (χ0v) is 13.7. The molecule has 2 rings (SSSR count). The van der Waals surface area contributed by atoms with Crippen molar-refractivity contribution in [3.8, 4) is 5.75 Å². The zero-order valence-electron chi connectivity index (χ0n) is 13.7. The number of hydrogen-bond donors (Lipinski definition) is 1. The molecular formula is C17H22N2O4. The second-order valence-corrected chi connectivity index (χ2v) is 5.31. The molecular weight excluding hydrogens is 296 g/mol. The van der Waals surface area contributed by atoms with Gasteiger partial charge >= 0.3 is 12.1 Å². The minimum atomic E-state index is -0.470. The molecule has 1 amide bonds. The van der Waals surface area contributed by atoms with Gasteiger partial charge in [0.05, 0.1) is 12.6 Å². The number of benzene rings is 1. The fraction of sp³-hybridized carbons (Fsp3) is 0.412. The summed E-state index contributed by atoms with van der Waals surface area (Å²) in [6.07, 6.45) is 3.13. The van der Waals surface area contributed by atoms with Gasteiger partial charge < -0.3 is 19.4 Å². The maximum absolute atomic E-state index is 11.8. The molecule has 0 unspecified atom stereocenters. The lowest BCUT2D eigenvalue weighted by Crippen LogP contribution is -2.27. The number of fused-ring (bicyclic) bond motifs is 1. The van der Waals surface area contributed by atoms with Gasteiger partial charge in [-0.05, 0) is 30.5 Å². The van der Waals surface area contributed by atoms with Crippen LogP contribution in [0.1, 0.15) is 25.3 Å². The fourth-order valence-electron chi connectivity index (χ4n) is 2.48. The summed E-state index contributed by atoms with van der Waals surface area (Å²) in [5, 5.41) is 3.54. The minimum absolute atomic E-state index is 0.263. The minimum Gasteiger partial charge on any atom is -0.469 e. The first-order chi connectivity index (χ1) is 11.1. The molecule has 2 aromatic rings. The molecule has 1 aromatic heterocycles. The second kappa shape index (κ2) is 7.67. The van der Waals surface area contributed by atoms with Crippen molar-refractivity contribution < 1.29 is 19.1 Å². The Morgan fingerprint density at radius 1 is 1.30 bits per heavy atom. The van der Waals surface area contributed by atoms with E-state index in [0.717, 1.165) is 22.9 Å². The summed E-state index contributed by atoms with van der Waals surface area (Å²) in [6.45, 7) is 2.54. The van der Waals surface area contributed by atoms with Crippen molar-refractivity contribution in [1.82, 2.24) is 9.88 Å². The summed E-state index contributed by atoms with van der Waals surface area (Å²) in [4.78, 5) is 23.2. The smallest absolute Gasteiger partial charge is 0.412 e. The molecule has 0 aliphatic rings. The molecule has 0 fully saturated rings. The maximum Gasteiger partial charge on any atom is 0.412 e. The highest BCUT2D eigenvalue weighted by Crippen LogP contribution is 2.31. The number of nitrogens with one attached hydrogen (secondary N) is 1. The first-order valence-electron chi connectivity index (χ1n) is 7.66. The van der Waals surface area contributed by atoms with Crippen LogP contribution in [0.3, 0.4) is 0 Å². The zero-order chi connectivity index (χ0) is 16.8. The number of aromatic nitrogens is 1. The number of hydrogen-bond acceptors (Lipinski definition) is 4. The number of carbonyl (C=O) groups excluding carboxylic acids is 2. The SMILES string of the molecule is CCCNC(=O)Oc1cccc2c1c(CCC(=O)OC)cn2C. The summed E-state index contributed by atoms with van der Waals surface area (Å²) >= 11 is 0. The largest absolute Gasteiger partial charge is 0.469 e. The number of amides is 1. The number of aryl methyl sites for hydroxylation is 2. The van der Waals surface area contributed by atoms with Gasteiger partial charge in [0.2, 0.25) is 0 Å². The van der Waals surface area contributed by atoms with Crippen LogP contribution in [0.2, 0.25) is 0 Å². The lowest BCUT2D eigenvalue weighted by molar-refractivity contribution is -0.140. The van der Waals surface area contributed by atoms with E-state index in [1.807, 2.05) is 36.9 Å². The third-order valence-corrected chi connectivity index (χ3v) is 3.60. The Labute approximate surface area is 135 Å². The number of rotatable bonds is 6. The average molecular weight is 318 g/mol. The van der Waals surface area contributed by atoms with Gasteiger partial charge in [0, 0.05) is 31.6 Å². The molecule has 6 heteroatoms. The third kappa shape index (κ3) is 4.03. The molecule has 0 atom stereocenters. The first kappa shape index (κ1) is 16.9. The molecule has 0 spiro atoms. The van der Waals surface area contributed by atoms with Gasteiger partial charge in [0.15, 0.2) is 0 Å². The van der Waals surface area contributed by atoms with Crippen LogP contribution < -0.4 is 10.1 Å². The molecule has 6 nitrogen and oxygen atoms in total. The van der Waals surface area contributed by atoms with Gasteiger partial charge in [-0.1, -0.05) is 13.0 Å². The van der Waals surface area contributed by atoms with E-state index in [0.29, 0.717) is 18.7 Å². The van der Waals surface area contributed by atoms with Crippen LogP contribution in [0.5, 0.6) is 5.75 Å². The molecule has 0 aliphatic heterocycles. The number of methoxy groups -OCH3 is 1. The Balaban J connectivity index is 2.29. The highest BCUT2D eigenvalue weighted by atomic mass is 16.6. The molecule has 0 aliphatic carbocycles. The first-order valence-corrected chi connectivity index (χ1v) is 7.66. The predicted molar refractivity (Wildman–Crippen MR) is 87.6 cm³/mol. The maximum atomic E-state index is 11.8. The molecule has 23 heavy (non-hydrogen) atoms. The summed E-state index contributed by atoms with van der Waals surface area (Å²) in [5.74, 6) is 0.234. The monoisotopic (exact) mass is 318 g/mol. The van der Waals surface area contributed by atoms with Crippen molar-refractivity contribution in [2.24, 2.45) is 7.05 Å². The fourth-order valence-corrected chi connectivity index (χ4v) is 2.48. The van der Waals surface area contributed by atoms with Crippen LogP contribution in [0.4, 0.5) is 4.79 Å². The van der Waals surface area contributed by atoms with Crippen molar-refractivity contribution in [2.45, 2.75) is 26.2 Å². The molecule has 124 valence electrons. The van der Waals surface area contributed by atoms with Crippen LogP contribution in [-0.2, 0) is 23.0 Å². The Kier molecular flexibility index (Phi) is 5.62. The molecule has 0 saturated heterocycles. The van der Waals surface area contributed by atoms with Crippen molar-refractivity contribution in [2.75, 3.05) is 13.7 Å². The number of carbonyl (C=O) groups is 2. The lowest BCUT2D eigenvalue weighted by atomic mass is 10.1. The molecule has 0 radical (unpaired) electrons. The molecule has 1 heterocycles. The summed E-state index contributed by atoms with van der Waals surface area (Å²) in [6, 6.07) is 5.55. The van der Waals surface area contributed by atoms with Crippen molar-refractivity contribution >= 4 is 23.0 Å². The van der Waals surface area contributed by atoms with Gasteiger partial charge in [-0.3, -0.25) is 4.79 Å². The van der Waals surface area contributed by atoms with E-state index in [1.54, 1.807) is 6.07 Å². The van der Waals surface area contributed by atoms with E-state index < -0.39 is 6.09 Å². The highest BCUT2D eigenvalue weighted by molar-refractivity contribution is 5.92. The van der Waals surface area contributed by atoms with E-state index in [4.69, 9.17) is 4.74 Å². The number of ether oxygens (including phenoxy) is 2. The number of esters is 1. The highest BCUT2D eigenvalue weighted by Gasteiger charge is 2.15.